The number of nitrogens with one attached hydrogen (secondary N) is 1. The van der Waals surface area contributed by atoms with Crippen LogP contribution in [0.15, 0.2) is 18.2 Å². The molecule has 2 rings (SSSR count). The average Bonchev–Trinajstić information content (AvgIpc) is 2.33. The Hall–Kier alpha value is -1.06. The Morgan fingerprint density at radius 3 is 2.71 bits per heavy atom. The highest BCUT2D eigenvalue weighted by Gasteiger charge is 2.18. The van der Waals surface area contributed by atoms with E-state index in [1.807, 2.05) is 25.1 Å². The molecule has 0 spiro atoms. The SMILES string of the molecule is Cc1cccc(CNC2CCC(N)CC2)c1O. The monoisotopic (exact) mass is 234 g/mol. The number of phenols is 1. The third-order valence-corrected chi connectivity index (χ3v) is 3.67. The van der Waals surface area contributed by atoms with Gasteiger partial charge in [0.15, 0.2) is 0 Å². The van der Waals surface area contributed by atoms with Gasteiger partial charge < -0.3 is 16.2 Å². The van der Waals surface area contributed by atoms with Crippen LogP contribution in [0.3, 0.4) is 0 Å². The zero-order valence-corrected chi connectivity index (χ0v) is 10.4. The number of benzene rings is 1. The summed E-state index contributed by atoms with van der Waals surface area (Å²) in [6, 6.07) is 6.83. The largest absolute Gasteiger partial charge is 0.507 e. The van der Waals surface area contributed by atoms with Gasteiger partial charge in [-0.05, 0) is 38.2 Å². The summed E-state index contributed by atoms with van der Waals surface area (Å²) in [5.41, 5.74) is 7.81. The Morgan fingerprint density at radius 1 is 1.29 bits per heavy atom. The van der Waals surface area contributed by atoms with Crippen LogP contribution < -0.4 is 11.1 Å². The minimum atomic E-state index is 0.389. The van der Waals surface area contributed by atoms with E-state index in [1.165, 1.54) is 0 Å². The van der Waals surface area contributed by atoms with Crippen molar-refractivity contribution in [1.29, 1.82) is 0 Å². The van der Waals surface area contributed by atoms with Crippen LogP contribution in [-0.4, -0.2) is 17.2 Å². The van der Waals surface area contributed by atoms with Crippen molar-refractivity contribution in [2.45, 2.75) is 51.2 Å². The van der Waals surface area contributed by atoms with E-state index >= 15 is 0 Å². The van der Waals surface area contributed by atoms with Crippen molar-refractivity contribution in [2.24, 2.45) is 5.73 Å². The lowest BCUT2D eigenvalue weighted by Gasteiger charge is -2.27. The Labute approximate surface area is 103 Å². The molecule has 4 N–H and O–H groups in total. The molecule has 0 aromatic heterocycles. The normalized spacial score (nSPS) is 24.8. The summed E-state index contributed by atoms with van der Waals surface area (Å²) in [6.07, 6.45) is 4.51. The average molecular weight is 234 g/mol. The van der Waals surface area contributed by atoms with Crippen LogP contribution in [0.5, 0.6) is 5.75 Å². The van der Waals surface area contributed by atoms with Gasteiger partial charge in [0.05, 0.1) is 0 Å². The number of hydrogen-bond acceptors (Lipinski definition) is 3. The van der Waals surface area contributed by atoms with Crippen LogP contribution in [0.1, 0.15) is 36.8 Å². The van der Waals surface area contributed by atoms with Crippen LogP contribution in [0.25, 0.3) is 0 Å². The van der Waals surface area contributed by atoms with Crippen LogP contribution in [0, 0.1) is 6.92 Å². The van der Waals surface area contributed by atoms with Gasteiger partial charge in [-0.1, -0.05) is 18.2 Å². The van der Waals surface area contributed by atoms with Crippen molar-refractivity contribution in [3.8, 4) is 5.75 Å². The first-order valence-corrected chi connectivity index (χ1v) is 6.43. The van der Waals surface area contributed by atoms with E-state index in [9.17, 15) is 5.11 Å². The number of aromatic hydroxyl groups is 1. The van der Waals surface area contributed by atoms with E-state index in [2.05, 4.69) is 5.32 Å². The van der Waals surface area contributed by atoms with E-state index in [1.54, 1.807) is 0 Å². The molecule has 1 saturated carbocycles. The second-order valence-corrected chi connectivity index (χ2v) is 5.08. The minimum Gasteiger partial charge on any atom is -0.507 e. The predicted octanol–water partition coefficient (Wildman–Crippen LogP) is 2.06. The van der Waals surface area contributed by atoms with Crippen molar-refractivity contribution < 1.29 is 5.11 Å². The molecule has 1 aliphatic carbocycles. The fourth-order valence-electron chi connectivity index (χ4n) is 2.44. The molecule has 1 aromatic carbocycles. The summed E-state index contributed by atoms with van der Waals surface area (Å²) in [4.78, 5) is 0. The van der Waals surface area contributed by atoms with Crippen LogP contribution in [0.2, 0.25) is 0 Å². The van der Waals surface area contributed by atoms with E-state index in [0.717, 1.165) is 43.4 Å². The summed E-state index contributed by atoms with van der Waals surface area (Å²) >= 11 is 0. The zero-order valence-electron chi connectivity index (χ0n) is 10.4. The minimum absolute atomic E-state index is 0.389. The molecule has 1 fully saturated rings. The molecule has 0 aliphatic heterocycles. The van der Waals surface area contributed by atoms with Gasteiger partial charge in [0.25, 0.3) is 0 Å². The predicted molar refractivity (Wildman–Crippen MR) is 69.9 cm³/mol. The summed E-state index contributed by atoms with van der Waals surface area (Å²) in [5, 5.41) is 13.4. The number of phenolic OH excluding ortho intramolecular Hbond substituents is 1. The molecule has 1 aromatic rings. The molecule has 0 heterocycles. The Balaban J connectivity index is 1.87. The third kappa shape index (κ3) is 3.20. The summed E-state index contributed by atoms with van der Waals surface area (Å²) in [6.45, 7) is 2.67. The standard InChI is InChI=1S/C14H22N2O/c1-10-3-2-4-11(14(10)17)9-16-13-7-5-12(15)6-8-13/h2-4,12-13,16-17H,5-9,15H2,1H3. The molecule has 0 unspecified atom stereocenters. The highest BCUT2D eigenvalue weighted by Crippen LogP contribution is 2.22. The fraction of sp³-hybridized carbons (Fsp3) is 0.571. The van der Waals surface area contributed by atoms with Gasteiger partial charge >= 0.3 is 0 Å². The molecule has 0 radical (unpaired) electrons. The van der Waals surface area contributed by atoms with E-state index in [-0.39, 0.29) is 0 Å². The lowest BCUT2D eigenvalue weighted by Crippen LogP contribution is -2.37. The molecule has 3 heteroatoms. The molecule has 3 nitrogen and oxygen atoms in total. The molecule has 94 valence electrons. The first-order valence-electron chi connectivity index (χ1n) is 6.43. The van der Waals surface area contributed by atoms with Crippen LogP contribution >= 0.6 is 0 Å². The molecular formula is C14H22N2O. The fourth-order valence-corrected chi connectivity index (χ4v) is 2.44. The maximum atomic E-state index is 9.91. The van der Waals surface area contributed by atoms with Gasteiger partial charge in [0, 0.05) is 24.2 Å². The van der Waals surface area contributed by atoms with Crippen LogP contribution in [-0.2, 0) is 6.54 Å². The topological polar surface area (TPSA) is 58.3 Å². The second kappa shape index (κ2) is 5.52. The van der Waals surface area contributed by atoms with E-state index in [4.69, 9.17) is 5.73 Å². The smallest absolute Gasteiger partial charge is 0.122 e. The lowest BCUT2D eigenvalue weighted by molar-refractivity contribution is 0.339. The molecular weight excluding hydrogens is 212 g/mol. The van der Waals surface area contributed by atoms with Gasteiger partial charge in [-0.25, -0.2) is 0 Å². The third-order valence-electron chi connectivity index (χ3n) is 3.67. The number of rotatable bonds is 3. The molecule has 1 aliphatic rings. The van der Waals surface area contributed by atoms with Gasteiger partial charge in [0.2, 0.25) is 0 Å². The lowest BCUT2D eigenvalue weighted by atomic mass is 9.91. The van der Waals surface area contributed by atoms with Crippen molar-refractivity contribution in [1.82, 2.24) is 5.32 Å². The molecule has 0 bridgehead atoms. The Morgan fingerprint density at radius 2 is 2.00 bits per heavy atom. The van der Waals surface area contributed by atoms with Crippen LogP contribution in [0.4, 0.5) is 0 Å². The summed E-state index contributed by atoms with van der Waals surface area (Å²) < 4.78 is 0. The zero-order chi connectivity index (χ0) is 12.3. The van der Waals surface area contributed by atoms with Gasteiger partial charge in [-0.3, -0.25) is 0 Å². The number of aryl methyl sites for hydroxylation is 1. The maximum Gasteiger partial charge on any atom is 0.122 e. The number of hydrogen-bond donors (Lipinski definition) is 3. The first-order chi connectivity index (χ1) is 8.16. The molecule has 17 heavy (non-hydrogen) atoms. The van der Waals surface area contributed by atoms with Gasteiger partial charge in [-0.15, -0.1) is 0 Å². The number of nitrogens with two attached hydrogens (primary N) is 1. The molecule has 0 atom stereocenters. The summed E-state index contributed by atoms with van der Waals surface area (Å²) in [5.74, 6) is 0.424. The summed E-state index contributed by atoms with van der Waals surface area (Å²) in [7, 11) is 0. The van der Waals surface area contributed by atoms with Crippen molar-refractivity contribution in [3.63, 3.8) is 0 Å². The van der Waals surface area contributed by atoms with Crippen molar-refractivity contribution in [3.05, 3.63) is 29.3 Å². The molecule has 0 amide bonds. The second-order valence-electron chi connectivity index (χ2n) is 5.08. The van der Waals surface area contributed by atoms with Gasteiger partial charge in [-0.2, -0.15) is 0 Å². The highest BCUT2D eigenvalue weighted by molar-refractivity contribution is 5.39. The molecule has 0 saturated heterocycles. The van der Waals surface area contributed by atoms with Gasteiger partial charge in [0.1, 0.15) is 5.75 Å². The van der Waals surface area contributed by atoms with Crippen molar-refractivity contribution in [2.75, 3.05) is 0 Å². The number of para-hydroxylation sites is 1. The highest BCUT2D eigenvalue weighted by atomic mass is 16.3. The Kier molecular flexibility index (Phi) is 4.02. The first kappa shape index (κ1) is 12.4. The van der Waals surface area contributed by atoms with E-state index in [0.29, 0.717) is 17.8 Å². The Bertz CT molecular complexity index is 370. The maximum absolute atomic E-state index is 9.91. The quantitative estimate of drug-likeness (QED) is 0.750. The van der Waals surface area contributed by atoms with E-state index < -0.39 is 0 Å². The van der Waals surface area contributed by atoms with Crippen molar-refractivity contribution >= 4 is 0 Å².